The number of nitrogens with zero attached hydrogens (tertiary/aromatic N) is 8. The number of benzene rings is 1. The second-order valence-corrected chi connectivity index (χ2v) is 14.6. The highest BCUT2D eigenvalue weighted by Crippen LogP contribution is 2.37. The van der Waals surface area contributed by atoms with Crippen LogP contribution in [-0.2, 0) is 22.8 Å². The number of quaternary nitrogens is 1. The molecule has 2 aliphatic rings. The molecule has 0 aliphatic carbocycles. The lowest BCUT2D eigenvalue weighted by Crippen LogP contribution is -2.52. The summed E-state index contributed by atoms with van der Waals surface area (Å²) >= 11 is 6.54. The van der Waals surface area contributed by atoms with Crippen LogP contribution in [0, 0.1) is 5.92 Å². The summed E-state index contributed by atoms with van der Waals surface area (Å²) in [5.74, 6) is -0.780. The molecule has 0 radical (unpaired) electrons. The number of aromatic nitrogens is 5. The molecule has 2 saturated heterocycles. The molecular formula is C36H42ClF3N10O5. The monoisotopic (exact) mass is 786 g/mol. The van der Waals surface area contributed by atoms with Gasteiger partial charge in [-0.2, -0.15) is 18.3 Å². The highest BCUT2D eigenvalue weighted by atomic mass is 35.5. The van der Waals surface area contributed by atoms with Gasteiger partial charge in [0.2, 0.25) is 5.91 Å². The Morgan fingerprint density at radius 2 is 1.71 bits per heavy atom. The van der Waals surface area contributed by atoms with E-state index in [-0.39, 0.29) is 62.9 Å². The van der Waals surface area contributed by atoms with Gasteiger partial charge < -0.3 is 39.8 Å². The van der Waals surface area contributed by atoms with E-state index in [1.165, 1.54) is 48.1 Å². The Labute approximate surface area is 320 Å². The molecule has 2 aliphatic heterocycles. The van der Waals surface area contributed by atoms with Crippen LogP contribution in [0.25, 0.3) is 17.1 Å². The van der Waals surface area contributed by atoms with Crippen molar-refractivity contribution >= 4 is 47.2 Å². The van der Waals surface area contributed by atoms with Crippen molar-refractivity contribution in [1.82, 2.24) is 34.1 Å². The largest absolute Gasteiger partial charge is 0.554 e. The highest BCUT2D eigenvalue weighted by Gasteiger charge is 2.39. The summed E-state index contributed by atoms with van der Waals surface area (Å²) in [6, 6.07) is 7.31. The average Bonchev–Trinajstić information content (AvgIpc) is 3.76. The number of likely N-dealkylation sites (tertiary alicyclic amines) is 2. The van der Waals surface area contributed by atoms with Crippen LogP contribution in [-0.4, -0.2) is 116 Å². The number of amides is 3. The number of pyridine rings is 1. The molecule has 3 amide bonds. The molecule has 5 heterocycles. The van der Waals surface area contributed by atoms with Gasteiger partial charge in [-0.05, 0) is 43.2 Å². The number of nitrogen functional groups attached to an aromatic ring is 1. The van der Waals surface area contributed by atoms with Gasteiger partial charge in [0.05, 0.1) is 67.1 Å². The summed E-state index contributed by atoms with van der Waals surface area (Å²) < 4.78 is 45.3. The quantitative estimate of drug-likeness (QED) is 0.210. The first-order valence-electron chi connectivity index (χ1n) is 17.4. The number of alkyl halides is 3. The molecule has 3 aromatic heterocycles. The number of carbonyl (C=O) groups is 4. The predicted octanol–water partition coefficient (Wildman–Crippen LogP) is 3.09. The summed E-state index contributed by atoms with van der Waals surface area (Å²) in [6.07, 6.45) is 1.90. The maximum atomic E-state index is 14.0. The fourth-order valence-electron chi connectivity index (χ4n) is 6.85. The maximum Gasteiger partial charge on any atom is 0.435 e. The van der Waals surface area contributed by atoms with Crippen molar-refractivity contribution in [2.24, 2.45) is 13.0 Å². The normalized spacial score (nSPS) is 16.2. The minimum Gasteiger partial charge on any atom is -0.554 e. The number of anilines is 2. The second-order valence-electron chi connectivity index (χ2n) is 14.2. The molecule has 0 atom stereocenters. The van der Waals surface area contributed by atoms with E-state index in [9.17, 15) is 27.6 Å². The van der Waals surface area contributed by atoms with Gasteiger partial charge in [-0.25, -0.2) is 14.6 Å². The molecule has 0 unspecified atom stereocenters. The summed E-state index contributed by atoms with van der Waals surface area (Å²) in [4.78, 5) is 59.9. The highest BCUT2D eigenvalue weighted by molar-refractivity contribution is 6.34. The summed E-state index contributed by atoms with van der Waals surface area (Å²) in [7, 11) is 7.51. The molecule has 0 bridgehead atoms. The van der Waals surface area contributed by atoms with Gasteiger partial charge in [-0.15, -0.1) is 0 Å². The average molecular weight is 787 g/mol. The van der Waals surface area contributed by atoms with Crippen molar-refractivity contribution in [2.75, 3.05) is 58.4 Å². The molecule has 0 saturated carbocycles. The Morgan fingerprint density at radius 1 is 1.05 bits per heavy atom. The van der Waals surface area contributed by atoms with E-state index in [0.29, 0.717) is 31.6 Å². The summed E-state index contributed by atoms with van der Waals surface area (Å²) in [5, 5.41) is 14.7. The van der Waals surface area contributed by atoms with Crippen molar-refractivity contribution in [3.05, 3.63) is 71.0 Å². The number of carboxylic acid groups (broad SMARTS) is 1. The lowest BCUT2D eigenvalue weighted by molar-refractivity contribution is -0.895. The fourth-order valence-corrected chi connectivity index (χ4v) is 7.11. The minimum atomic E-state index is -4.81. The molecule has 0 spiro atoms. The maximum absolute atomic E-state index is 14.0. The number of hydrogen-bond donors (Lipinski definition) is 2. The van der Waals surface area contributed by atoms with Gasteiger partial charge in [0.1, 0.15) is 0 Å². The number of nitrogens with one attached hydrogen (secondary N) is 1. The first-order valence-corrected chi connectivity index (χ1v) is 17.8. The van der Waals surface area contributed by atoms with E-state index in [4.69, 9.17) is 27.2 Å². The second kappa shape index (κ2) is 16.5. The van der Waals surface area contributed by atoms with Crippen molar-refractivity contribution < 1.29 is 41.9 Å². The minimum absolute atomic E-state index is 0.00580. The molecule has 6 rings (SSSR count). The fraction of sp³-hybridized carbons (Fsp3) is 0.417. The van der Waals surface area contributed by atoms with Crippen molar-refractivity contribution in [3.8, 4) is 17.1 Å². The zero-order valence-electron chi connectivity index (χ0n) is 30.7. The molecule has 3 N–H and O–H groups in total. The van der Waals surface area contributed by atoms with Crippen LogP contribution >= 0.6 is 11.6 Å². The Balaban J connectivity index is 0.00000187. The molecule has 19 heteroatoms. The summed E-state index contributed by atoms with van der Waals surface area (Å²) in [6.45, 7) is 2.65. The number of halogens is 4. The number of carbonyl (C=O) groups excluding carboxylic acids is 4. The van der Waals surface area contributed by atoms with E-state index in [1.807, 2.05) is 4.90 Å². The van der Waals surface area contributed by atoms with Gasteiger partial charge in [-0.3, -0.25) is 14.4 Å². The van der Waals surface area contributed by atoms with Crippen molar-refractivity contribution in [1.29, 1.82) is 0 Å². The van der Waals surface area contributed by atoms with E-state index in [1.54, 1.807) is 11.9 Å². The van der Waals surface area contributed by atoms with Crippen LogP contribution in [0.1, 0.15) is 52.4 Å². The standard InChI is InChI=1S/C35H40ClF3N10O3.CH2O2/c1-45(24-9-13-47(14-10-24)33(51)21-11-15-49(3,4)16-12-21)34(52)25-7-6-23(17-27(25)36)43-32(50)31-42-19-28(46(31)2)26-20-48(44-30(26)35(37,38)39)29-8-5-22(40)18-41-29;2-1-3/h5-8,17-21,24H,9-16,40H2,1-4H3;1H,(H,2,3). The molecule has 15 nitrogen and oxygen atoms in total. The van der Waals surface area contributed by atoms with Gasteiger partial charge in [0.25, 0.3) is 11.8 Å². The molecule has 294 valence electrons. The van der Waals surface area contributed by atoms with E-state index in [2.05, 4.69) is 34.5 Å². The van der Waals surface area contributed by atoms with Crippen molar-refractivity contribution in [2.45, 2.75) is 37.9 Å². The number of piperidine rings is 2. The van der Waals surface area contributed by atoms with Crippen LogP contribution < -0.4 is 16.2 Å². The topological polar surface area (TPSA) is 184 Å². The number of imidazole rings is 1. The molecular weight excluding hydrogens is 745 g/mol. The molecule has 1 aromatic carbocycles. The van der Waals surface area contributed by atoms with Gasteiger partial charge in [-0.1, -0.05) is 11.6 Å². The molecule has 55 heavy (non-hydrogen) atoms. The van der Waals surface area contributed by atoms with E-state index in [0.717, 1.165) is 47.5 Å². The van der Waals surface area contributed by atoms with E-state index < -0.39 is 24.2 Å². The Kier molecular flexibility index (Phi) is 12.2. The van der Waals surface area contributed by atoms with Crippen LogP contribution in [0.15, 0.2) is 48.9 Å². The number of hydrogen-bond acceptors (Lipinski definition) is 9. The lowest BCUT2D eigenvalue weighted by Gasteiger charge is -2.41. The Morgan fingerprint density at radius 3 is 2.29 bits per heavy atom. The van der Waals surface area contributed by atoms with Crippen LogP contribution in [0.2, 0.25) is 5.02 Å². The van der Waals surface area contributed by atoms with Crippen LogP contribution in [0.5, 0.6) is 0 Å². The third kappa shape index (κ3) is 9.25. The number of rotatable bonds is 7. The number of nitrogens with two attached hydrogens (primary N) is 1. The molecule has 2 fully saturated rings. The lowest BCUT2D eigenvalue weighted by atomic mass is 9.93. The summed E-state index contributed by atoms with van der Waals surface area (Å²) in [5.41, 5.74) is 5.00. The third-order valence-corrected chi connectivity index (χ3v) is 10.4. The zero-order valence-corrected chi connectivity index (χ0v) is 31.5. The first-order chi connectivity index (χ1) is 25.9. The Hall–Kier alpha value is -5.49. The smallest absolute Gasteiger partial charge is 0.435 e. The van der Waals surface area contributed by atoms with Crippen LogP contribution in [0.3, 0.4) is 0 Å². The molecule has 4 aromatic rings. The van der Waals surface area contributed by atoms with Gasteiger partial charge in [0, 0.05) is 70.3 Å². The van der Waals surface area contributed by atoms with Gasteiger partial charge >= 0.3 is 6.18 Å². The van der Waals surface area contributed by atoms with E-state index >= 15 is 0 Å². The van der Waals surface area contributed by atoms with Crippen LogP contribution in [0.4, 0.5) is 24.5 Å². The third-order valence-electron chi connectivity index (χ3n) is 10.1. The zero-order chi connectivity index (χ0) is 40.2. The Bertz CT molecular complexity index is 2030. The first kappa shape index (κ1) is 40.7. The predicted molar refractivity (Wildman–Crippen MR) is 195 cm³/mol. The van der Waals surface area contributed by atoms with Gasteiger partial charge in [0.15, 0.2) is 17.3 Å². The SMILES string of the molecule is CN(C(=O)c1ccc(NC(=O)c2ncc(-c3cn(-c4ccc(N)cn4)nc3C(F)(F)F)n2C)cc1Cl)C1CCN(C(=O)C2CC[N+](C)(C)CC2)CC1.O=C[O-]. The van der Waals surface area contributed by atoms with Crippen molar-refractivity contribution in [3.63, 3.8) is 0 Å².